The molecule has 2 amide bonds. The molecule has 1 aromatic carbocycles. The van der Waals surface area contributed by atoms with Crippen LogP contribution >= 0.6 is 0 Å². The van der Waals surface area contributed by atoms with Gasteiger partial charge in [-0.15, -0.1) is 5.10 Å². The molecule has 1 aliphatic rings. The van der Waals surface area contributed by atoms with Crippen molar-refractivity contribution in [1.29, 1.82) is 0 Å². The molecule has 1 aliphatic heterocycles. The summed E-state index contributed by atoms with van der Waals surface area (Å²) < 4.78 is 28.2. The maximum absolute atomic E-state index is 13.7. The lowest BCUT2D eigenvalue weighted by atomic mass is 9.90. The maximum atomic E-state index is 13.7. The minimum atomic E-state index is -0.550. The maximum Gasteiger partial charge on any atom is 0.317 e. The predicted octanol–water partition coefficient (Wildman–Crippen LogP) is 2.09. The molecular formula is C18H24F2N6O. The molecule has 0 spiro atoms. The van der Waals surface area contributed by atoms with Gasteiger partial charge in [-0.3, -0.25) is 0 Å². The van der Waals surface area contributed by atoms with Gasteiger partial charge in [0.25, 0.3) is 0 Å². The summed E-state index contributed by atoms with van der Waals surface area (Å²) in [7, 11) is 1.76. The third-order valence-corrected chi connectivity index (χ3v) is 5.07. The van der Waals surface area contributed by atoms with Crippen molar-refractivity contribution >= 4 is 6.03 Å². The average molecular weight is 378 g/mol. The number of benzene rings is 1. The van der Waals surface area contributed by atoms with E-state index >= 15 is 0 Å². The Bertz CT molecular complexity index is 773. The highest BCUT2D eigenvalue weighted by Crippen LogP contribution is 2.23. The average Bonchev–Trinajstić information content (AvgIpc) is 3.06. The lowest BCUT2D eigenvalue weighted by Gasteiger charge is -2.32. The van der Waals surface area contributed by atoms with Crippen LogP contribution in [0.15, 0.2) is 18.2 Å². The molecule has 7 nitrogen and oxygen atoms in total. The topological polar surface area (TPSA) is 75.9 Å². The molecule has 0 radical (unpaired) electrons. The zero-order valence-electron chi connectivity index (χ0n) is 15.4. The molecule has 3 rings (SSSR count). The van der Waals surface area contributed by atoms with Gasteiger partial charge in [0.1, 0.15) is 11.6 Å². The summed E-state index contributed by atoms with van der Waals surface area (Å²) in [6, 6.07) is 3.66. The quantitative estimate of drug-likeness (QED) is 0.835. The van der Waals surface area contributed by atoms with E-state index in [1.807, 2.05) is 4.90 Å². The Balaban J connectivity index is 1.36. The third kappa shape index (κ3) is 5.21. The van der Waals surface area contributed by atoms with Crippen LogP contribution in [0.5, 0.6) is 0 Å². The van der Waals surface area contributed by atoms with Gasteiger partial charge in [-0.25, -0.2) is 18.3 Å². The molecule has 2 aromatic rings. The van der Waals surface area contributed by atoms with Crippen molar-refractivity contribution in [3.05, 3.63) is 41.2 Å². The number of amides is 2. The second-order valence-corrected chi connectivity index (χ2v) is 6.91. The van der Waals surface area contributed by atoms with Crippen molar-refractivity contribution in [2.75, 3.05) is 19.6 Å². The fourth-order valence-corrected chi connectivity index (χ4v) is 3.36. The summed E-state index contributed by atoms with van der Waals surface area (Å²) in [5.74, 6) is 0.140. The highest BCUT2D eigenvalue weighted by atomic mass is 19.1. The first-order chi connectivity index (χ1) is 13.0. The van der Waals surface area contributed by atoms with E-state index in [1.54, 1.807) is 11.7 Å². The third-order valence-electron chi connectivity index (χ3n) is 5.07. The SMILES string of the molecule is Cn1nnnc1CCNC(=O)N1CCC(CCc2ccc(F)cc2F)CC1. The summed E-state index contributed by atoms with van der Waals surface area (Å²) >= 11 is 0. The molecule has 9 heteroatoms. The smallest absolute Gasteiger partial charge is 0.317 e. The van der Waals surface area contributed by atoms with E-state index in [0.29, 0.717) is 44.0 Å². The number of aryl methyl sites for hydroxylation is 2. The minimum absolute atomic E-state index is 0.0758. The Kier molecular flexibility index (Phi) is 6.31. The lowest BCUT2D eigenvalue weighted by Crippen LogP contribution is -2.45. The van der Waals surface area contributed by atoms with Crippen LogP contribution in [0, 0.1) is 17.6 Å². The molecule has 0 unspecified atom stereocenters. The van der Waals surface area contributed by atoms with Crippen molar-refractivity contribution < 1.29 is 13.6 Å². The van der Waals surface area contributed by atoms with E-state index in [2.05, 4.69) is 20.8 Å². The van der Waals surface area contributed by atoms with Crippen molar-refractivity contribution in [3.8, 4) is 0 Å². The molecule has 0 atom stereocenters. The molecule has 27 heavy (non-hydrogen) atoms. The number of rotatable bonds is 6. The van der Waals surface area contributed by atoms with Gasteiger partial charge >= 0.3 is 6.03 Å². The molecule has 1 fully saturated rings. The van der Waals surface area contributed by atoms with Gasteiger partial charge in [0.15, 0.2) is 5.82 Å². The fraction of sp³-hybridized carbons (Fsp3) is 0.556. The Morgan fingerprint density at radius 2 is 2.04 bits per heavy atom. The Hall–Kier alpha value is -2.58. The second-order valence-electron chi connectivity index (χ2n) is 6.91. The summed E-state index contributed by atoms with van der Waals surface area (Å²) in [4.78, 5) is 14.1. The molecule has 0 bridgehead atoms. The number of urea groups is 1. The van der Waals surface area contributed by atoms with Gasteiger partial charge in [0.2, 0.25) is 0 Å². The molecule has 1 aromatic heterocycles. The molecule has 0 aliphatic carbocycles. The first-order valence-corrected chi connectivity index (χ1v) is 9.21. The first kappa shape index (κ1) is 19.2. The summed E-state index contributed by atoms with van der Waals surface area (Å²) in [5, 5.41) is 14.1. The second kappa shape index (κ2) is 8.88. The number of carbonyl (C=O) groups is 1. The zero-order chi connectivity index (χ0) is 19.2. The fourth-order valence-electron chi connectivity index (χ4n) is 3.36. The van der Waals surface area contributed by atoms with Crippen molar-refractivity contribution in [2.45, 2.75) is 32.1 Å². The van der Waals surface area contributed by atoms with Gasteiger partial charge < -0.3 is 10.2 Å². The number of halogens is 2. The van der Waals surface area contributed by atoms with Gasteiger partial charge in [-0.2, -0.15) is 0 Å². The number of aromatic nitrogens is 4. The number of piperidine rings is 1. The first-order valence-electron chi connectivity index (χ1n) is 9.21. The molecular weight excluding hydrogens is 354 g/mol. The van der Waals surface area contributed by atoms with E-state index in [1.165, 1.54) is 12.1 Å². The van der Waals surface area contributed by atoms with Crippen LogP contribution in [0.3, 0.4) is 0 Å². The van der Waals surface area contributed by atoms with Gasteiger partial charge in [-0.1, -0.05) is 6.07 Å². The summed E-state index contributed by atoms with van der Waals surface area (Å²) in [6.07, 6.45) is 3.80. The number of hydrogen-bond donors (Lipinski definition) is 1. The standard InChI is InChI=1S/C18H24F2N6O/c1-25-17(22-23-24-25)6-9-21-18(27)26-10-7-13(8-11-26)2-3-14-4-5-15(19)12-16(14)20/h4-5,12-13H,2-3,6-11H2,1H3,(H,21,27). The largest absolute Gasteiger partial charge is 0.338 e. The molecule has 146 valence electrons. The van der Waals surface area contributed by atoms with Crippen LogP contribution in [-0.4, -0.2) is 50.8 Å². The van der Waals surface area contributed by atoms with E-state index in [0.717, 1.165) is 31.2 Å². The minimum Gasteiger partial charge on any atom is -0.338 e. The normalized spacial score (nSPS) is 15.1. The molecule has 1 N–H and O–H groups in total. The Labute approximate surface area is 156 Å². The summed E-state index contributed by atoms with van der Waals surface area (Å²) in [6.45, 7) is 1.86. The van der Waals surface area contributed by atoms with Crippen molar-refractivity contribution in [2.24, 2.45) is 13.0 Å². The van der Waals surface area contributed by atoms with Gasteiger partial charge in [0, 0.05) is 39.2 Å². The zero-order valence-corrected chi connectivity index (χ0v) is 15.4. The lowest BCUT2D eigenvalue weighted by molar-refractivity contribution is 0.168. The van der Waals surface area contributed by atoms with Crippen LogP contribution < -0.4 is 5.32 Å². The number of tetrazole rings is 1. The Morgan fingerprint density at radius 3 is 2.70 bits per heavy atom. The number of likely N-dealkylation sites (tertiary alicyclic amines) is 1. The Morgan fingerprint density at radius 1 is 1.26 bits per heavy atom. The van der Waals surface area contributed by atoms with E-state index in [9.17, 15) is 13.6 Å². The van der Waals surface area contributed by atoms with Crippen LogP contribution in [-0.2, 0) is 19.9 Å². The molecule has 0 saturated carbocycles. The van der Waals surface area contributed by atoms with E-state index < -0.39 is 11.6 Å². The number of nitrogens with one attached hydrogen (secondary N) is 1. The number of hydrogen-bond acceptors (Lipinski definition) is 4. The van der Waals surface area contributed by atoms with Crippen LogP contribution in [0.4, 0.5) is 13.6 Å². The number of nitrogens with zero attached hydrogens (tertiary/aromatic N) is 5. The van der Waals surface area contributed by atoms with Gasteiger partial charge in [-0.05, 0) is 53.7 Å². The van der Waals surface area contributed by atoms with Crippen molar-refractivity contribution in [3.63, 3.8) is 0 Å². The van der Waals surface area contributed by atoms with Crippen LogP contribution in [0.1, 0.15) is 30.7 Å². The van der Waals surface area contributed by atoms with E-state index in [4.69, 9.17) is 0 Å². The highest BCUT2D eigenvalue weighted by molar-refractivity contribution is 5.74. The number of carbonyl (C=O) groups excluding carboxylic acids is 1. The summed E-state index contributed by atoms with van der Waals surface area (Å²) in [5.41, 5.74) is 0.551. The molecule has 2 heterocycles. The monoisotopic (exact) mass is 378 g/mol. The van der Waals surface area contributed by atoms with Crippen LogP contribution in [0.25, 0.3) is 0 Å². The predicted molar refractivity (Wildman–Crippen MR) is 94.9 cm³/mol. The van der Waals surface area contributed by atoms with Gasteiger partial charge in [0.05, 0.1) is 0 Å². The van der Waals surface area contributed by atoms with Crippen LogP contribution in [0.2, 0.25) is 0 Å². The molecule has 1 saturated heterocycles. The van der Waals surface area contributed by atoms with Crippen molar-refractivity contribution in [1.82, 2.24) is 30.4 Å². The highest BCUT2D eigenvalue weighted by Gasteiger charge is 2.22. The van der Waals surface area contributed by atoms with E-state index in [-0.39, 0.29) is 6.03 Å².